The highest BCUT2D eigenvalue weighted by molar-refractivity contribution is 5.92. The van der Waals surface area contributed by atoms with E-state index in [-0.39, 0.29) is 5.56 Å². The molecule has 3 rings (SSSR count). The van der Waals surface area contributed by atoms with Crippen LogP contribution in [0.5, 0.6) is 0 Å². The smallest absolute Gasteiger partial charge is 0.335 e. The summed E-state index contributed by atoms with van der Waals surface area (Å²) >= 11 is 0. The lowest BCUT2D eigenvalue weighted by atomic mass is 9.98. The van der Waals surface area contributed by atoms with Crippen molar-refractivity contribution in [1.29, 1.82) is 0 Å². The van der Waals surface area contributed by atoms with Crippen LogP contribution in [0, 0.1) is 11.8 Å². The molecule has 1 aliphatic carbocycles. The second-order valence-corrected chi connectivity index (χ2v) is 5.45. The Balaban J connectivity index is 1.94. The zero-order valence-corrected chi connectivity index (χ0v) is 10.9. The average molecular weight is 259 g/mol. The minimum absolute atomic E-state index is 0.288. The van der Waals surface area contributed by atoms with E-state index in [0.717, 1.165) is 17.6 Å². The monoisotopic (exact) mass is 259 g/mol. The molecular formula is C14H17N3O2. The van der Waals surface area contributed by atoms with Crippen LogP contribution in [0.2, 0.25) is 0 Å². The van der Waals surface area contributed by atoms with Gasteiger partial charge in [-0.25, -0.2) is 9.48 Å². The van der Waals surface area contributed by atoms with E-state index in [4.69, 9.17) is 5.11 Å². The molecule has 0 amide bonds. The number of nitrogens with zero attached hydrogens (tertiary/aromatic N) is 3. The van der Waals surface area contributed by atoms with Crippen LogP contribution in [-0.4, -0.2) is 26.1 Å². The summed E-state index contributed by atoms with van der Waals surface area (Å²) in [6, 6.07) is 4.96. The lowest BCUT2D eigenvalue weighted by Gasteiger charge is -2.15. The van der Waals surface area contributed by atoms with Gasteiger partial charge in [-0.2, -0.15) is 0 Å². The number of carboxylic acid groups (broad SMARTS) is 1. The van der Waals surface area contributed by atoms with Gasteiger partial charge >= 0.3 is 5.97 Å². The summed E-state index contributed by atoms with van der Waals surface area (Å²) in [6.45, 7) is 3.11. The Morgan fingerprint density at radius 1 is 1.47 bits per heavy atom. The van der Waals surface area contributed by atoms with Gasteiger partial charge in [0.2, 0.25) is 0 Å². The molecule has 2 aromatic rings. The molecule has 1 saturated carbocycles. The summed E-state index contributed by atoms with van der Waals surface area (Å²) in [6.07, 6.45) is 3.78. The average Bonchev–Trinajstić information content (AvgIpc) is 2.97. The van der Waals surface area contributed by atoms with E-state index in [1.54, 1.807) is 18.2 Å². The number of hydrogen-bond donors (Lipinski definition) is 1. The molecule has 1 aromatic heterocycles. The van der Waals surface area contributed by atoms with Gasteiger partial charge in [-0.3, -0.25) is 0 Å². The molecule has 19 heavy (non-hydrogen) atoms. The third kappa shape index (κ3) is 2.20. The number of rotatable bonds is 3. The van der Waals surface area contributed by atoms with E-state index in [1.807, 2.05) is 4.68 Å². The highest BCUT2D eigenvalue weighted by Crippen LogP contribution is 2.32. The molecule has 0 spiro atoms. The van der Waals surface area contributed by atoms with Crippen LogP contribution >= 0.6 is 0 Å². The number of aromatic carboxylic acids is 1. The maximum absolute atomic E-state index is 11.0. The highest BCUT2D eigenvalue weighted by atomic mass is 16.4. The van der Waals surface area contributed by atoms with Crippen molar-refractivity contribution in [3.8, 4) is 0 Å². The summed E-state index contributed by atoms with van der Waals surface area (Å²) in [5.41, 5.74) is 1.87. The van der Waals surface area contributed by atoms with Gasteiger partial charge in [0.15, 0.2) is 0 Å². The van der Waals surface area contributed by atoms with E-state index in [9.17, 15) is 4.79 Å². The van der Waals surface area contributed by atoms with Gasteiger partial charge in [0, 0.05) is 6.54 Å². The number of carboxylic acids is 1. The van der Waals surface area contributed by atoms with Gasteiger partial charge in [-0.1, -0.05) is 25.0 Å². The highest BCUT2D eigenvalue weighted by Gasteiger charge is 2.24. The second-order valence-electron chi connectivity index (χ2n) is 5.45. The van der Waals surface area contributed by atoms with Crippen molar-refractivity contribution in [2.24, 2.45) is 11.8 Å². The molecule has 1 N–H and O–H groups in total. The standard InChI is InChI=1S/C14H17N3O2/c1-9-3-2-4-11(9)8-17-13-7-10(14(18)19)5-6-12(13)15-16-17/h5-7,9,11H,2-4,8H2,1H3,(H,18,19). The van der Waals surface area contributed by atoms with Crippen molar-refractivity contribution in [1.82, 2.24) is 15.0 Å². The van der Waals surface area contributed by atoms with Crippen molar-refractivity contribution in [2.75, 3.05) is 0 Å². The Morgan fingerprint density at radius 3 is 3.00 bits per heavy atom. The fourth-order valence-electron chi connectivity index (χ4n) is 2.95. The van der Waals surface area contributed by atoms with Crippen LogP contribution in [0.4, 0.5) is 0 Å². The predicted molar refractivity (Wildman–Crippen MR) is 71.0 cm³/mol. The molecule has 2 atom stereocenters. The van der Waals surface area contributed by atoms with Gasteiger partial charge in [0.1, 0.15) is 5.52 Å². The summed E-state index contributed by atoms with van der Waals surface area (Å²) in [5.74, 6) is 0.421. The molecule has 100 valence electrons. The molecule has 1 aliphatic rings. The largest absolute Gasteiger partial charge is 0.478 e. The quantitative estimate of drug-likeness (QED) is 0.919. The Bertz CT molecular complexity index is 620. The summed E-state index contributed by atoms with van der Waals surface area (Å²) in [4.78, 5) is 11.0. The number of benzene rings is 1. The molecule has 2 unspecified atom stereocenters. The Kier molecular flexibility index (Phi) is 2.97. The van der Waals surface area contributed by atoms with Crippen LogP contribution in [0.1, 0.15) is 36.5 Å². The predicted octanol–water partition coefficient (Wildman–Crippen LogP) is 2.57. The van der Waals surface area contributed by atoms with E-state index < -0.39 is 5.97 Å². The molecular weight excluding hydrogens is 242 g/mol. The first kappa shape index (κ1) is 12.1. The van der Waals surface area contributed by atoms with Crippen molar-refractivity contribution >= 4 is 17.0 Å². The Hall–Kier alpha value is -1.91. The number of aromatic nitrogens is 3. The molecule has 0 bridgehead atoms. The first-order valence-electron chi connectivity index (χ1n) is 6.71. The number of hydrogen-bond acceptors (Lipinski definition) is 3. The van der Waals surface area contributed by atoms with Gasteiger partial charge in [0.05, 0.1) is 11.1 Å². The first-order valence-corrected chi connectivity index (χ1v) is 6.71. The zero-order chi connectivity index (χ0) is 13.4. The molecule has 0 radical (unpaired) electrons. The fourth-order valence-corrected chi connectivity index (χ4v) is 2.95. The van der Waals surface area contributed by atoms with E-state index in [0.29, 0.717) is 11.8 Å². The first-order chi connectivity index (χ1) is 9.15. The lowest BCUT2D eigenvalue weighted by Crippen LogP contribution is -2.14. The van der Waals surface area contributed by atoms with Gasteiger partial charge in [-0.05, 0) is 36.5 Å². The van der Waals surface area contributed by atoms with Crippen molar-refractivity contribution in [2.45, 2.75) is 32.7 Å². The topological polar surface area (TPSA) is 68.0 Å². The molecule has 0 saturated heterocycles. The van der Waals surface area contributed by atoms with Crippen LogP contribution in [0.15, 0.2) is 18.2 Å². The molecule has 0 aliphatic heterocycles. The van der Waals surface area contributed by atoms with Crippen molar-refractivity contribution in [3.05, 3.63) is 23.8 Å². The third-order valence-electron chi connectivity index (χ3n) is 4.21. The SMILES string of the molecule is CC1CCCC1Cn1nnc2ccc(C(=O)O)cc21. The molecule has 1 heterocycles. The van der Waals surface area contributed by atoms with Crippen LogP contribution in [0.3, 0.4) is 0 Å². The van der Waals surface area contributed by atoms with Crippen LogP contribution in [-0.2, 0) is 6.54 Å². The van der Waals surface area contributed by atoms with Crippen LogP contribution < -0.4 is 0 Å². The minimum Gasteiger partial charge on any atom is -0.478 e. The Labute approximate surface area is 111 Å². The van der Waals surface area contributed by atoms with Crippen molar-refractivity contribution < 1.29 is 9.90 Å². The summed E-state index contributed by atoms with van der Waals surface area (Å²) in [7, 11) is 0. The van der Waals surface area contributed by atoms with E-state index in [2.05, 4.69) is 17.2 Å². The summed E-state index contributed by atoms with van der Waals surface area (Å²) in [5, 5.41) is 17.3. The van der Waals surface area contributed by atoms with E-state index >= 15 is 0 Å². The molecule has 5 heteroatoms. The second kappa shape index (κ2) is 4.64. The minimum atomic E-state index is -0.913. The zero-order valence-electron chi connectivity index (χ0n) is 10.9. The van der Waals surface area contributed by atoms with Gasteiger partial charge < -0.3 is 5.11 Å². The van der Waals surface area contributed by atoms with Crippen molar-refractivity contribution in [3.63, 3.8) is 0 Å². The molecule has 1 aromatic carbocycles. The molecule has 1 fully saturated rings. The number of carbonyl (C=O) groups is 1. The Morgan fingerprint density at radius 2 is 2.32 bits per heavy atom. The summed E-state index contributed by atoms with van der Waals surface area (Å²) < 4.78 is 1.86. The maximum atomic E-state index is 11.0. The fraction of sp³-hybridized carbons (Fsp3) is 0.500. The maximum Gasteiger partial charge on any atom is 0.335 e. The van der Waals surface area contributed by atoms with Gasteiger partial charge in [0.25, 0.3) is 0 Å². The molecule has 5 nitrogen and oxygen atoms in total. The third-order valence-corrected chi connectivity index (χ3v) is 4.21. The lowest BCUT2D eigenvalue weighted by molar-refractivity contribution is 0.0697. The number of fused-ring (bicyclic) bond motifs is 1. The van der Waals surface area contributed by atoms with Gasteiger partial charge in [-0.15, -0.1) is 5.10 Å². The van der Waals surface area contributed by atoms with Crippen LogP contribution in [0.25, 0.3) is 11.0 Å². The van der Waals surface area contributed by atoms with E-state index in [1.165, 1.54) is 19.3 Å². The normalized spacial score (nSPS) is 23.0.